The summed E-state index contributed by atoms with van der Waals surface area (Å²) in [6, 6.07) is 3.29. The second-order valence-electron chi connectivity index (χ2n) is 3.17. The third-order valence-corrected chi connectivity index (χ3v) is 2.83. The SMILES string of the molecule is Clc1cc(Cl)c(NCc2cnc[nH]2)c(Cl)c1. The van der Waals surface area contributed by atoms with Crippen LogP contribution in [-0.4, -0.2) is 9.97 Å². The molecule has 0 radical (unpaired) electrons. The average molecular weight is 277 g/mol. The van der Waals surface area contributed by atoms with E-state index in [2.05, 4.69) is 15.3 Å². The van der Waals surface area contributed by atoms with Gasteiger partial charge in [-0.2, -0.15) is 0 Å². The Kier molecular flexibility index (Phi) is 3.59. The second-order valence-corrected chi connectivity index (χ2v) is 4.43. The van der Waals surface area contributed by atoms with Gasteiger partial charge in [-0.15, -0.1) is 0 Å². The van der Waals surface area contributed by atoms with Crippen molar-refractivity contribution in [1.29, 1.82) is 0 Å². The summed E-state index contributed by atoms with van der Waals surface area (Å²) in [5, 5.41) is 4.63. The molecule has 0 saturated carbocycles. The molecule has 16 heavy (non-hydrogen) atoms. The van der Waals surface area contributed by atoms with Crippen molar-refractivity contribution in [2.45, 2.75) is 6.54 Å². The topological polar surface area (TPSA) is 40.7 Å². The van der Waals surface area contributed by atoms with Gasteiger partial charge in [0, 0.05) is 11.2 Å². The van der Waals surface area contributed by atoms with E-state index in [1.807, 2.05) is 0 Å². The van der Waals surface area contributed by atoms with Crippen LogP contribution in [0.4, 0.5) is 5.69 Å². The first-order valence-corrected chi connectivity index (χ1v) is 5.66. The maximum Gasteiger partial charge on any atom is 0.0922 e. The van der Waals surface area contributed by atoms with Crippen LogP contribution in [0.2, 0.25) is 15.1 Å². The van der Waals surface area contributed by atoms with Crippen molar-refractivity contribution in [3.63, 3.8) is 0 Å². The van der Waals surface area contributed by atoms with Crippen molar-refractivity contribution in [3.8, 4) is 0 Å². The van der Waals surface area contributed by atoms with Crippen LogP contribution in [0.25, 0.3) is 0 Å². The lowest BCUT2D eigenvalue weighted by atomic mass is 10.3. The molecule has 0 saturated heterocycles. The minimum absolute atomic E-state index is 0.497. The molecule has 0 atom stereocenters. The molecule has 0 amide bonds. The van der Waals surface area contributed by atoms with E-state index in [0.717, 1.165) is 5.69 Å². The van der Waals surface area contributed by atoms with Gasteiger partial charge in [-0.05, 0) is 12.1 Å². The van der Waals surface area contributed by atoms with Crippen molar-refractivity contribution in [3.05, 3.63) is 45.4 Å². The van der Waals surface area contributed by atoms with Gasteiger partial charge < -0.3 is 10.3 Å². The van der Waals surface area contributed by atoms with Crippen LogP contribution in [0.1, 0.15) is 5.69 Å². The fourth-order valence-electron chi connectivity index (χ4n) is 1.28. The maximum absolute atomic E-state index is 6.02. The number of aromatic nitrogens is 2. The number of nitrogens with one attached hydrogen (secondary N) is 2. The number of H-pyrrole nitrogens is 1. The van der Waals surface area contributed by atoms with E-state index >= 15 is 0 Å². The number of nitrogens with zero attached hydrogens (tertiary/aromatic N) is 1. The molecule has 0 aliphatic rings. The fourth-order valence-corrected chi connectivity index (χ4v) is 2.23. The summed E-state index contributed by atoms with van der Waals surface area (Å²) in [6.45, 7) is 0.571. The van der Waals surface area contributed by atoms with Gasteiger partial charge in [-0.25, -0.2) is 4.98 Å². The number of rotatable bonds is 3. The van der Waals surface area contributed by atoms with Crippen molar-refractivity contribution < 1.29 is 0 Å². The molecule has 0 spiro atoms. The van der Waals surface area contributed by atoms with Crippen LogP contribution < -0.4 is 5.32 Å². The smallest absolute Gasteiger partial charge is 0.0922 e. The van der Waals surface area contributed by atoms with E-state index < -0.39 is 0 Å². The van der Waals surface area contributed by atoms with Crippen LogP contribution in [0.15, 0.2) is 24.7 Å². The summed E-state index contributed by atoms with van der Waals surface area (Å²) >= 11 is 17.8. The lowest BCUT2D eigenvalue weighted by molar-refractivity contribution is 1.07. The van der Waals surface area contributed by atoms with E-state index in [4.69, 9.17) is 34.8 Å². The molecular weight excluding hydrogens is 268 g/mol. The molecular formula is C10H8Cl3N3. The highest BCUT2D eigenvalue weighted by atomic mass is 35.5. The number of imidazole rings is 1. The van der Waals surface area contributed by atoms with Gasteiger partial charge in [0.25, 0.3) is 0 Å². The summed E-state index contributed by atoms with van der Waals surface area (Å²) < 4.78 is 0. The van der Waals surface area contributed by atoms with Crippen LogP contribution >= 0.6 is 34.8 Å². The quantitative estimate of drug-likeness (QED) is 0.890. The Bertz CT molecular complexity index is 459. The van der Waals surface area contributed by atoms with Crippen molar-refractivity contribution in [2.24, 2.45) is 0 Å². The standard InChI is InChI=1S/C10H8Cl3N3/c11-6-1-8(12)10(9(13)2-6)15-4-7-3-14-5-16-7/h1-3,5,15H,4H2,(H,14,16). The number of halogens is 3. The Morgan fingerprint density at radius 3 is 2.44 bits per heavy atom. The molecule has 0 aliphatic heterocycles. The third kappa shape index (κ3) is 2.61. The molecule has 1 aromatic carbocycles. The number of benzene rings is 1. The normalized spacial score (nSPS) is 10.4. The number of hydrogen-bond donors (Lipinski definition) is 2. The van der Waals surface area contributed by atoms with E-state index in [-0.39, 0.29) is 0 Å². The summed E-state index contributed by atoms with van der Waals surface area (Å²) in [7, 11) is 0. The Balaban J connectivity index is 2.15. The summed E-state index contributed by atoms with van der Waals surface area (Å²) in [5.74, 6) is 0. The third-order valence-electron chi connectivity index (χ3n) is 2.02. The molecule has 0 bridgehead atoms. The molecule has 6 heteroatoms. The fraction of sp³-hybridized carbons (Fsp3) is 0.100. The minimum atomic E-state index is 0.497. The zero-order chi connectivity index (χ0) is 11.5. The molecule has 3 nitrogen and oxygen atoms in total. The van der Waals surface area contributed by atoms with Gasteiger partial charge in [0.1, 0.15) is 0 Å². The van der Waals surface area contributed by atoms with Crippen molar-refractivity contribution in [2.75, 3.05) is 5.32 Å². The highest BCUT2D eigenvalue weighted by Crippen LogP contribution is 2.33. The highest BCUT2D eigenvalue weighted by Gasteiger charge is 2.07. The van der Waals surface area contributed by atoms with Gasteiger partial charge in [0.15, 0.2) is 0 Å². The molecule has 0 fully saturated rings. The minimum Gasteiger partial charge on any atom is -0.377 e. The summed E-state index contributed by atoms with van der Waals surface area (Å²) in [6.07, 6.45) is 3.34. The molecule has 2 aromatic rings. The summed E-state index contributed by atoms with van der Waals surface area (Å²) in [5.41, 5.74) is 1.62. The van der Waals surface area contributed by atoms with Crippen LogP contribution in [0.3, 0.4) is 0 Å². The van der Waals surface area contributed by atoms with Crippen molar-refractivity contribution in [1.82, 2.24) is 9.97 Å². The van der Waals surface area contributed by atoms with E-state index in [1.54, 1.807) is 24.7 Å². The second kappa shape index (κ2) is 4.95. The largest absolute Gasteiger partial charge is 0.377 e. The number of hydrogen-bond acceptors (Lipinski definition) is 2. The van der Waals surface area contributed by atoms with Gasteiger partial charge in [-0.3, -0.25) is 0 Å². The van der Waals surface area contributed by atoms with Crippen LogP contribution in [0, 0.1) is 0 Å². The Hall–Kier alpha value is -0.900. The van der Waals surface area contributed by atoms with E-state index in [0.29, 0.717) is 27.3 Å². The molecule has 0 aliphatic carbocycles. The molecule has 1 aromatic heterocycles. The first-order chi connectivity index (χ1) is 7.66. The Morgan fingerprint density at radius 2 is 1.88 bits per heavy atom. The van der Waals surface area contributed by atoms with E-state index in [9.17, 15) is 0 Å². The number of aromatic amines is 1. The van der Waals surface area contributed by atoms with Crippen molar-refractivity contribution >= 4 is 40.5 Å². The van der Waals surface area contributed by atoms with Gasteiger partial charge >= 0.3 is 0 Å². The van der Waals surface area contributed by atoms with E-state index in [1.165, 1.54) is 0 Å². The molecule has 2 rings (SSSR count). The summed E-state index contributed by atoms with van der Waals surface area (Å²) in [4.78, 5) is 6.88. The zero-order valence-electron chi connectivity index (χ0n) is 8.10. The predicted octanol–water partition coefficient (Wildman–Crippen LogP) is 3.98. The molecule has 84 valence electrons. The zero-order valence-corrected chi connectivity index (χ0v) is 10.4. The monoisotopic (exact) mass is 275 g/mol. The van der Waals surface area contributed by atoms with Gasteiger partial charge in [0.05, 0.1) is 34.3 Å². The van der Waals surface area contributed by atoms with Crippen LogP contribution in [-0.2, 0) is 6.54 Å². The average Bonchev–Trinajstić information content (AvgIpc) is 2.68. The van der Waals surface area contributed by atoms with Gasteiger partial charge in [-0.1, -0.05) is 34.8 Å². The predicted molar refractivity (Wildman–Crippen MR) is 67.4 cm³/mol. The molecule has 2 N–H and O–H groups in total. The number of anilines is 1. The van der Waals surface area contributed by atoms with Gasteiger partial charge in [0.2, 0.25) is 0 Å². The molecule has 0 unspecified atom stereocenters. The lowest BCUT2D eigenvalue weighted by Gasteiger charge is -2.09. The van der Waals surface area contributed by atoms with Crippen LogP contribution in [0.5, 0.6) is 0 Å². The molecule has 1 heterocycles. The first-order valence-electron chi connectivity index (χ1n) is 4.52. The Morgan fingerprint density at radius 1 is 1.19 bits per heavy atom. The lowest BCUT2D eigenvalue weighted by Crippen LogP contribution is -2.00. The Labute approximate surface area is 108 Å². The maximum atomic E-state index is 6.02. The highest BCUT2D eigenvalue weighted by molar-refractivity contribution is 6.41. The first kappa shape index (κ1) is 11.6.